The van der Waals surface area contributed by atoms with E-state index < -0.39 is 49.5 Å². The van der Waals surface area contributed by atoms with Crippen molar-refractivity contribution in [3.05, 3.63) is 24.3 Å². The molecule has 7 unspecified atom stereocenters. The van der Waals surface area contributed by atoms with Crippen molar-refractivity contribution in [2.45, 2.75) is 384 Å². The molecule has 0 aliphatic carbocycles. The van der Waals surface area contributed by atoms with Crippen molar-refractivity contribution in [3.63, 3.8) is 0 Å². The summed E-state index contributed by atoms with van der Waals surface area (Å²) in [6, 6.07) is -0.818. The number of carbonyl (C=O) groups excluding carboxylic acids is 1. The minimum Gasteiger partial charge on any atom is -0.394 e. The van der Waals surface area contributed by atoms with Crippen molar-refractivity contribution in [2.24, 2.45) is 0 Å². The summed E-state index contributed by atoms with van der Waals surface area (Å²) in [6.07, 6.45) is 67.5. The van der Waals surface area contributed by atoms with E-state index >= 15 is 0 Å². The largest absolute Gasteiger partial charge is 0.394 e. The Hall–Kier alpha value is -1.33. The third-order valence-corrected chi connectivity index (χ3v) is 16.3. The van der Waals surface area contributed by atoms with Crippen molar-refractivity contribution >= 4 is 5.91 Å². The lowest BCUT2D eigenvalue weighted by atomic mass is 9.99. The molecule has 1 aliphatic rings. The van der Waals surface area contributed by atoms with E-state index in [1.54, 1.807) is 6.08 Å². The smallest absolute Gasteiger partial charge is 0.220 e. The predicted molar refractivity (Wildman–Crippen MR) is 323 cm³/mol. The van der Waals surface area contributed by atoms with E-state index in [9.17, 15) is 30.3 Å². The molecule has 0 radical (unpaired) electrons. The second-order valence-electron chi connectivity index (χ2n) is 23.6. The Kier molecular flexibility index (Phi) is 54.4. The number of nitrogens with one attached hydrogen (secondary N) is 1. The highest BCUT2D eigenvalue weighted by molar-refractivity contribution is 5.76. The van der Waals surface area contributed by atoms with Crippen LogP contribution in [0, 0.1) is 0 Å². The number of allylic oxidation sites excluding steroid dienone is 3. The van der Waals surface area contributed by atoms with Crippen molar-refractivity contribution in [2.75, 3.05) is 13.2 Å². The van der Waals surface area contributed by atoms with Crippen LogP contribution in [0.2, 0.25) is 0 Å². The average Bonchev–Trinajstić information content (AvgIpc) is 3.42. The Morgan fingerprint density at radius 2 is 0.750 bits per heavy atom. The van der Waals surface area contributed by atoms with Crippen LogP contribution in [0.4, 0.5) is 0 Å². The lowest BCUT2D eigenvalue weighted by molar-refractivity contribution is -0.302. The number of aliphatic hydroxyl groups excluding tert-OH is 5. The Labute approximate surface area is 470 Å². The molecular weight excluding hydrogens is 947 g/mol. The van der Waals surface area contributed by atoms with E-state index in [-0.39, 0.29) is 12.5 Å². The van der Waals surface area contributed by atoms with E-state index in [0.29, 0.717) is 6.42 Å². The molecule has 1 aliphatic heterocycles. The zero-order chi connectivity index (χ0) is 55.0. The van der Waals surface area contributed by atoms with Crippen LogP contribution in [0.25, 0.3) is 0 Å². The first kappa shape index (κ1) is 72.7. The first-order valence-corrected chi connectivity index (χ1v) is 33.6. The maximum atomic E-state index is 13.0. The molecule has 1 saturated heterocycles. The minimum absolute atomic E-state index is 0.181. The van der Waals surface area contributed by atoms with Gasteiger partial charge in [0, 0.05) is 6.42 Å². The zero-order valence-electron chi connectivity index (χ0n) is 50.3. The van der Waals surface area contributed by atoms with Crippen LogP contribution in [0.1, 0.15) is 341 Å². The summed E-state index contributed by atoms with van der Waals surface area (Å²) in [5.41, 5.74) is 0. The van der Waals surface area contributed by atoms with Gasteiger partial charge >= 0.3 is 0 Å². The molecule has 0 bridgehead atoms. The number of hydrogen-bond donors (Lipinski definition) is 6. The molecule has 7 atom stereocenters. The van der Waals surface area contributed by atoms with Crippen molar-refractivity contribution in [1.29, 1.82) is 0 Å². The molecule has 450 valence electrons. The SMILES string of the molecule is CCCCCCCC/C=C/CC/C=C/C(O)C(COC1OC(CO)C(O)C(O)C1O)NC(=O)CCCCCCCCCCCCCCCCCCCCCCCCCCCCCCCCCCCCCCCCCCC. The second kappa shape index (κ2) is 56.9. The van der Waals surface area contributed by atoms with E-state index in [2.05, 4.69) is 31.3 Å². The van der Waals surface area contributed by atoms with Crippen molar-refractivity contribution in [3.8, 4) is 0 Å². The highest BCUT2D eigenvalue weighted by atomic mass is 16.7. The van der Waals surface area contributed by atoms with Crippen LogP contribution < -0.4 is 5.32 Å². The molecule has 0 saturated carbocycles. The van der Waals surface area contributed by atoms with Crippen LogP contribution in [0.15, 0.2) is 24.3 Å². The van der Waals surface area contributed by atoms with E-state index in [1.807, 2.05) is 6.08 Å². The van der Waals surface area contributed by atoms with E-state index in [0.717, 1.165) is 38.5 Å². The summed E-state index contributed by atoms with van der Waals surface area (Å²) in [5, 5.41) is 54.4. The van der Waals surface area contributed by atoms with Crippen LogP contribution >= 0.6 is 0 Å². The lowest BCUT2D eigenvalue weighted by Crippen LogP contribution is -2.60. The molecule has 0 aromatic carbocycles. The van der Waals surface area contributed by atoms with Crippen molar-refractivity contribution < 1.29 is 39.8 Å². The monoisotopic (exact) mass is 1080 g/mol. The molecule has 1 amide bonds. The van der Waals surface area contributed by atoms with Gasteiger partial charge in [-0.15, -0.1) is 0 Å². The number of ether oxygens (including phenoxy) is 2. The molecular formula is C67H129NO8. The normalized spacial score (nSPS) is 18.9. The lowest BCUT2D eigenvalue weighted by Gasteiger charge is -2.40. The molecule has 1 rings (SSSR count). The summed E-state index contributed by atoms with van der Waals surface area (Å²) < 4.78 is 11.2. The van der Waals surface area contributed by atoms with Gasteiger partial charge in [-0.05, 0) is 32.1 Å². The Bertz CT molecular complexity index is 1250. The van der Waals surface area contributed by atoms with Gasteiger partial charge in [0.15, 0.2) is 6.29 Å². The molecule has 76 heavy (non-hydrogen) atoms. The maximum absolute atomic E-state index is 13.0. The maximum Gasteiger partial charge on any atom is 0.220 e. The summed E-state index contributed by atoms with van der Waals surface area (Å²) >= 11 is 0. The van der Waals surface area contributed by atoms with Gasteiger partial charge in [0.2, 0.25) is 5.91 Å². The third kappa shape index (κ3) is 45.4. The molecule has 0 aromatic heterocycles. The van der Waals surface area contributed by atoms with Gasteiger partial charge in [-0.3, -0.25) is 4.79 Å². The highest BCUT2D eigenvalue weighted by Gasteiger charge is 2.44. The average molecular weight is 1080 g/mol. The Balaban J connectivity index is 1.98. The van der Waals surface area contributed by atoms with Gasteiger partial charge in [-0.25, -0.2) is 0 Å². The molecule has 0 spiro atoms. The van der Waals surface area contributed by atoms with Gasteiger partial charge in [-0.2, -0.15) is 0 Å². The molecule has 9 heteroatoms. The molecule has 6 N–H and O–H groups in total. The van der Waals surface area contributed by atoms with Crippen molar-refractivity contribution in [1.82, 2.24) is 5.32 Å². The number of hydrogen-bond acceptors (Lipinski definition) is 8. The standard InChI is InChI=1S/C67H129NO8/c1-3-5-7-9-11-13-15-17-18-19-20-21-22-23-24-25-26-27-28-29-30-31-32-33-34-35-36-37-38-39-40-41-42-43-44-45-47-49-51-53-55-57-63(71)68-60(59-75-67-66(74)65(73)64(72)62(58-69)76-67)61(70)56-54-52-50-48-46-16-14-12-10-8-6-4-2/h46,48,54,56,60-62,64-67,69-70,72-74H,3-45,47,49-53,55,57-59H2,1-2H3,(H,68,71)/b48-46+,56-54+. The van der Waals surface area contributed by atoms with Crippen LogP contribution in [0.5, 0.6) is 0 Å². The highest BCUT2D eigenvalue weighted by Crippen LogP contribution is 2.23. The molecule has 9 nitrogen and oxygen atoms in total. The predicted octanol–water partition coefficient (Wildman–Crippen LogP) is 17.7. The Morgan fingerprint density at radius 3 is 1.11 bits per heavy atom. The van der Waals surface area contributed by atoms with Gasteiger partial charge in [0.05, 0.1) is 25.4 Å². The quantitative estimate of drug-likeness (QED) is 0.0261. The molecule has 1 heterocycles. The molecule has 1 fully saturated rings. The van der Waals surface area contributed by atoms with Gasteiger partial charge < -0.3 is 40.3 Å². The number of aliphatic hydroxyl groups is 5. The second-order valence-corrected chi connectivity index (χ2v) is 23.6. The summed E-state index contributed by atoms with van der Waals surface area (Å²) in [7, 11) is 0. The summed E-state index contributed by atoms with van der Waals surface area (Å²) in [6.45, 7) is 3.78. The van der Waals surface area contributed by atoms with Gasteiger partial charge in [0.25, 0.3) is 0 Å². The van der Waals surface area contributed by atoms with E-state index in [4.69, 9.17) is 9.47 Å². The first-order chi connectivity index (χ1) is 37.3. The topological polar surface area (TPSA) is 149 Å². The van der Waals surface area contributed by atoms with Crippen LogP contribution in [0.3, 0.4) is 0 Å². The van der Waals surface area contributed by atoms with Gasteiger partial charge in [-0.1, -0.05) is 327 Å². The van der Waals surface area contributed by atoms with E-state index in [1.165, 1.54) is 283 Å². The number of rotatable bonds is 59. The first-order valence-electron chi connectivity index (χ1n) is 33.6. The minimum atomic E-state index is -1.57. The summed E-state index contributed by atoms with van der Waals surface area (Å²) in [4.78, 5) is 13.0. The number of unbranched alkanes of at least 4 members (excludes halogenated alkanes) is 47. The van der Waals surface area contributed by atoms with Gasteiger partial charge in [0.1, 0.15) is 24.4 Å². The zero-order valence-corrected chi connectivity index (χ0v) is 50.3. The van der Waals surface area contributed by atoms with Crippen LogP contribution in [-0.4, -0.2) is 87.5 Å². The fourth-order valence-electron chi connectivity index (χ4n) is 11.0. The third-order valence-electron chi connectivity index (χ3n) is 16.3. The fraction of sp³-hybridized carbons (Fsp3) is 0.925. The Morgan fingerprint density at radius 1 is 0.434 bits per heavy atom. The molecule has 0 aromatic rings. The number of carbonyl (C=O) groups is 1. The fourth-order valence-corrected chi connectivity index (χ4v) is 11.0. The number of amides is 1. The van der Waals surface area contributed by atoms with Crippen LogP contribution in [-0.2, 0) is 14.3 Å². The summed E-state index contributed by atoms with van der Waals surface area (Å²) in [5.74, 6) is -0.181.